The summed E-state index contributed by atoms with van der Waals surface area (Å²) in [4.78, 5) is 18.3. The third kappa shape index (κ3) is 3.46. The molecule has 0 heterocycles. The fourth-order valence-electron chi connectivity index (χ4n) is 2.82. The molecule has 0 aliphatic heterocycles. The molecule has 3 aromatic rings. The Morgan fingerprint density at radius 2 is 1.71 bits per heavy atom. The van der Waals surface area contributed by atoms with Gasteiger partial charge in [0.2, 0.25) is 0 Å². The molecule has 3 nitrogen and oxygen atoms in total. The zero-order valence-electron chi connectivity index (χ0n) is 13.0. The normalized spacial score (nSPS) is 12.2. The van der Waals surface area contributed by atoms with Gasteiger partial charge in [-0.25, -0.2) is 4.39 Å². The molecule has 5 heteroatoms. The first-order chi connectivity index (χ1) is 11.3. The van der Waals surface area contributed by atoms with E-state index < -0.39 is 7.60 Å². The van der Waals surface area contributed by atoms with Gasteiger partial charge in [0.25, 0.3) is 0 Å². The quantitative estimate of drug-likeness (QED) is 0.651. The third-order valence-electron chi connectivity index (χ3n) is 3.86. The summed E-state index contributed by atoms with van der Waals surface area (Å²) in [6, 6.07) is 15.8. The molecular weight excluding hydrogens is 326 g/mol. The van der Waals surface area contributed by atoms with Crippen LogP contribution in [0.25, 0.3) is 28.0 Å². The van der Waals surface area contributed by atoms with Crippen molar-refractivity contribution in [3.63, 3.8) is 0 Å². The molecule has 0 bridgehead atoms. The van der Waals surface area contributed by atoms with E-state index >= 15 is 0 Å². The van der Waals surface area contributed by atoms with Gasteiger partial charge in [-0.2, -0.15) is 0 Å². The average molecular weight is 342 g/mol. The summed E-state index contributed by atoms with van der Waals surface area (Å²) in [5.41, 5.74) is 3.22. The van der Waals surface area contributed by atoms with Crippen molar-refractivity contribution in [2.75, 3.05) is 0 Å². The molecule has 0 amide bonds. The number of hydrogen-bond acceptors (Lipinski definition) is 1. The third-order valence-corrected chi connectivity index (χ3v) is 4.40. The van der Waals surface area contributed by atoms with Crippen LogP contribution in [0.1, 0.15) is 11.1 Å². The van der Waals surface area contributed by atoms with Gasteiger partial charge in [0.15, 0.2) is 0 Å². The van der Waals surface area contributed by atoms with E-state index in [4.69, 9.17) is 9.79 Å². The Morgan fingerprint density at radius 3 is 2.38 bits per heavy atom. The molecular formula is C19H16FO3P. The minimum atomic E-state index is -4.27. The molecule has 3 aromatic carbocycles. The lowest BCUT2D eigenvalue weighted by atomic mass is 9.90. The lowest BCUT2D eigenvalue weighted by molar-refractivity contribution is 0.386. The van der Waals surface area contributed by atoms with Crippen molar-refractivity contribution >= 4 is 24.4 Å². The highest BCUT2D eigenvalue weighted by Crippen LogP contribution is 2.40. The van der Waals surface area contributed by atoms with Crippen LogP contribution in [0.5, 0.6) is 0 Å². The predicted molar refractivity (Wildman–Crippen MR) is 95.2 cm³/mol. The standard InChI is InChI=1S/C19H16FO3P/c1-13-12-15-4-2-3-5-18(15)19(14-6-8-16(20)9-7-14)17(13)10-11-24(21,22)23/h2-12H,1H3,(H2,21,22,23)/b11-10+. The van der Waals surface area contributed by atoms with E-state index in [1.807, 2.05) is 37.3 Å². The topological polar surface area (TPSA) is 57.5 Å². The maximum Gasteiger partial charge on any atom is 0.349 e. The van der Waals surface area contributed by atoms with Crippen LogP contribution in [0.3, 0.4) is 0 Å². The highest BCUT2D eigenvalue weighted by molar-refractivity contribution is 7.55. The molecule has 0 saturated carbocycles. The second kappa shape index (κ2) is 6.33. The van der Waals surface area contributed by atoms with E-state index in [0.29, 0.717) is 5.56 Å². The molecule has 0 atom stereocenters. The van der Waals surface area contributed by atoms with Gasteiger partial charge >= 0.3 is 7.60 Å². The van der Waals surface area contributed by atoms with Crippen LogP contribution >= 0.6 is 7.60 Å². The number of fused-ring (bicyclic) bond motifs is 1. The van der Waals surface area contributed by atoms with Crippen molar-refractivity contribution in [3.8, 4) is 11.1 Å². The highest BCUT2D eigenvalue weighted by atomic mass is 31.2. The molecule has 122 valence electrons. The number of rotatable bonds is 3. The van der Waals surface area contributed by atoms with Gasteiger partial charge in [-0.3, -0.25) is 4.57 Å². The molecule has 0 spiro atoms. The number of halogens is 1. The molecule has 0 saturated heterocycles. The van der Waals surface area contributed by atoms with Crippen molar-refractivity contribution in [2.45, 2.75) is 6.92 Å². The Balaban J connectivity index is 2.35. The largest absolute Gasteiger partial charge is 0.349 e. The molecule has 0 radical (unpaired) electrons. The van der Waals surface area contributed by atoms with Gasteiger partial charge in [-0.05, 0) is 58.2 Å². The summed E-state index contributed by atoms with van der Waals surface area (Å²) in [6.45, 7) is 1.89. The van der Waals surface area contributed by atoms with Gasteiger partial charge in [0.05, 0.1) is 0 Å². The first-order valence-corrected chi connectivity index (χ1v) is 9.06. The van der Waals surface area contributed by atoms with Gasteiger partial charge in [-0.15, -0.1) is 0 Å². The van der Waals surface area contributed by atoms with Crippen LogP contribution in [0.4, 0.5) is 4.39 Å². The van der Waals surface area contributed by atoms with E-state index in [0.717, 1.165) is 33.3 Å². The summed E-state index contributed by atoms with van der Waals surface area (Å²) in [5, 5.41) is 1.96. The lowest BCUT2D eigenvalue weighted by Crippen LogP contribution is -1.91. The van der Waals surface area contributed by atoms with Crippen molar-refractivity contribution < 1.29 is 18.7 Å². The molecule has 0 fully saturated rings. The molecule has 0 aromatic heterocycles. The molecule has 0 unspecified atom stereocenters. The summed E-state index contributed by atoms with van der Waals surface area (Å²) < 4.78 is 24.5. The monoisotopic (exact) mass is 342 g/mol. The molecule has 3 rings (SSSR count). The Hall–Kier alpha value is -2.26. The lowest BCUT2D eigenvalue weighted by Gasteiger charge is -2.14. The minimum Gasteiger partial charge on any atom is -0.321 e. The molecule has 24 heavy (non-hydrogen) atoms. The molecule has 0 aliphatic carbocycles. The first-order valence-electron chi connectivity index (χ1n) is 7.38. The van der Waals surface area contributed by atoms with Crippen LogP contribution in [0.15, 0.2) is 60.4 Å². The van der Waals surface area contributed by atoms with Crippen molar-refractivity contribution in [1.29, 1.82) is 0 Å². The van der Waals surface area contributed by atoms with Crippen molar-refractivity contribution in [3.05, 3.63) is 77.4 Å². The van der Waals surface area contributed by atoms with Crippen LogP contribution in [0.2, 0.25) is 0 Å². The van der Waals surface area contributed by atoms with Gasteiger partial charge in [0, 0.05) is 5.82 Å². The van der Waals surface area contributed by atoms with Crippen LogP contribution in [-0.2, 0) is 4.57 Å². The zero-order chi connectivity index (χ0) is 17.3. The second-order valence-corrected chi connectivity index (χ2v) is 7.09. The summed E-state index contributed by atoms with van der Waals surface area (Å²) in [5.74, 6) is 0.569. The average Bonchev–Trinajstić information content (AvgIpc) is 2.52. The van der Waals surface area contributed by atoms with Gasteiger partial charge in [0.1, 0.15) is 5.82 Å². The summed E-state index contributed by atoms with van der Waals surface area (Å²) >= 11 is 0. The van der Waals surface area contributed by atoms with E-state index in [1.165, 1.54) is 18.2 Å². The van der Waals surface area contributed by atoms with Crippen molar-refractivity contribution in [2.24, 2.45) is 0 Å². The maximum absolute atomic E-state index is 13.3. The van der Waals surface area contributed by atoms with Crippen LogP contribution in [0, 0.1) is 12.7 Å². The van der Waals surface area contributed by atoms with Gasteiger partial charge in [-0.1, -0.05) is 42.5 Å². The van der Waals surface area contributed by atoms with Gasteiger partial charge < -0.3 is 9.79 Å². The zero-order valence-corrected chi connectivity index (χ0v) is 13.9. The van der Waals surface area contributed by atoms with E-state index in [-0.39, 0.29) is 5.82 Å². The molecule has 2 N–H and O–H groups in total. The Kier molecular flexibility index (Phi) is 4.37. The number of aryl methyl sites for hydroxylation is 1. The van der Waals surface area contributed by atoms with Crippen LogP contribution in [-0.4, -0.2) is 9.79 Å². The molecule has 0 aliphatic rings. The fraction of sp³-hybridized carbons (Fsp3) is 0.0526. The maximum atomic E-state index is 13.3. The predicted octanol–water partition coefficient (Wildman–Crippen LogP) is 5.10. The first kappa shape index (κ1) is 16.6. The Bertz CT molecular complexity index is 972. The van der Waals surface area contributed by atoms with E-state index in [1.54, 1.807) is 12.1 Å². The van der Waals surface area contributed by atoms with Crippen molar-refractivity contribution in [1.82, 2.24) is 0 Å². The Morgan fingerprint density at radius 1 is 1.04 bits per heavy atom. The number of hydrogen-bond donors (Lipinski definition) is 2. The SMILES string of the molecule is Cc1cc2ccccc2c(-c2ccc(F)cc2)c1/C=C/P(=O)(O)O. The summed E-state index contributed by atoms with van der Waals surface area (Å²) in [7, 11) is -4.27. The minimum absolute atomic E-state index is 0.331. The summed E-state index contributed by atoms with van der Waals surface area (Å²) in [6.07, 6.45) is 1.45. The number of benzene rings is 3. The smallest absolute Gasteiger partial charge is 0.321 e. The fourth-order valence-corrected chi connectivity index (χ4v) is 3.16. The highest BCUT2D eigenvalue weighted by Gasteiger charge is 2.13. The van der Waals surface area contributed by atoms with E-state index in [2.05, 4.69) is 0 Å². The van der Waals surface area contributed by atoms with E-state index in [9.17, 15) is 8.96 Å². The van der Waals surface area contributed by atoms with Crippen LogP contribution < -0.4 is 0 Å². The Labute approximate surface area is 139 Å². The second-order valence-electron chi connectivity index (χ2n) is 5.61.